The third-order valence-electron chi connectivity index (χ3n) is 3.74. The Kier molecular flexibility index (Phi) is 3.21. The van der Waals surface area contributed by atoms with Crippen molar-refractivity contribution in [1.82, 2.24) is 9.97 Å². The first-order valence-electron chi connectivity index (χ1n) is 6.78. The predicted octanol–water partition coefficient (Wildman–Crippen LogP) is 0.512. The van der Waals surface area contributed by atoms with Crippen LogP contribution in [0.25, 0.3) is 0 Å². The van der Waals surface area contributed by atoms with Crippen LogP contribution in [0.3, 0.4) is 0 Å². The van der Waals surface area contributed by atoms with Gasteiger partial charge in [-0.2, -0.15) is 0 Å². The highest BCUT2D eigenvalue weighted by Gasteiger charge is 2.38. The number of aryl methyl sites for hydroxylation is 1. The summed E-state index contributed by atoms with van der Waals surface area (Å²) in [5, 5.41) is 0. The summed E-state index contributed by atoms with van der Waals surface area (Å²) in [6.07, 6.45) is 0.579. The summed E-state index contributed by atoms with van der Waals surface area (Å²) in [6, 6.07) is 6.88. The number of rotatable bonds is 2. The molecule has 8 heteroatoms. The van der Waals surface area contributed by atoms with E-state index in [1.165, 1.54) is 11.2 Å². The van der Waals surface area contributed by atoms with Crippen LogP contribution in [0.5, 0.6) is 0 Å². The molecular formula is C14H15N3O4S. The summed E-state index contributed by atoms with van der Waals surface area (Å²) < 4.78 is 27.1. The molecule has 0 fully saturated rings. The number of aromatic nitrogens is 2. The Hall–Kier alpha value is -2.35. The van der Waals surface area contributed by atoms with E-state index in [9.17, 15) is 18.0 Å². The molecule has 0 bridgehead atoms. The van der Waals surface area contributed by atoms with E-state index in [1.54, 1.807) is 19.1 Å². The number of hydrogen-bond donors (Lipinski definition) is 2. The molecule has 2 N–H and O–H groups in total. The number of aromatic amines is 2. The van der Waals surface area contributed by atoms with Crippen molar-refractivity contribution in [3.63, 3.8) is 0 Å². The first-order valence-corrected chi connectivity index (χ1v) is 8.22. The molecule has 1 atom stereocenters. The number of fused-ring (bicyclic) bond motifs is 1. The number of sulfonamides is 1. The van der Waals surface area contributed by atoms with Gasteiger partial charge >= 0.3 is 5.69 Å². The van der Waals surface area contributed by atoms with Crippen LogP contribution >= 0.6 is 0 Å². The summed E-state index contributed by atoms with van der Waals surface area (Å²) in [4.78, 5) is 27.1. The Morgan fingerprint density at radius 1 is 1.18 bits per heavy atom. The van der Waals surface area contributed by atoms with Gasteiger partial charge < -0.3 is 4.98 Å². The van der Waals surface area contributed by atoms with Crippen molar-refractivity contribution in [2.75, 3.05) is 4.31 Å². The van der Waals surface area contributed by atoms with Gasteiger partial charge in [-0.3, -0.25) is 14.1 Å². The molecule has 1 aromatic carbocycles. The zero-order chi connectivity index (χ0) is 16.1. The zero-order valence-corrected chi connectivity index (χ0v) is 12.9. The predicted molar refractivity (Wildman–Crippen MR) is 81.7 cm³/mol. The van der Waals surface area contributed by atoms with E-state index in [0.29, 0.717) is 12.1 Å². The summed E-state index contributed by atoms with van der Waals surface area (Å²) >= 11 is 0. The number of nitrogens with one attached hydrogen (secondary N) is 2. The molecule has 116 valence electrons. The topological polar surface area (TPSA) is 103 Å². The number of anilines is 1. The fraction of sp³-hybridized carbons (Fsp3) is 0.286. The van der Waals surface area contributed by atoms with Crippen LogP contribution in [0, 0.1) is 6.92 Å². The molecule has 0 radical (unpaired) electrons. The van der Waals surface area contributed by atoms with Gasteiger partial charge in [-0.1, -0.05) is 18.2 Å². The highest BCUT2D eigenvalue weighted by molar-refractivity contribution is 7.93. The summed E-state index contributed by atoms with van der Waals surface area (Å²) in [5.41, 5.74) is -0.114. The number of nitrogens with zero attached hydrogens (tertiary/aromatic N) is 1. The second-order valence-corrected chi connectivity index (χ2v) is 7.10. The largest absolute Gasteiger partial charge is 0.325 e. The average molecular weight is 321 g/mol. The van der Waals surface area contributed by atoms with Crippen LogP contribution < -0.4 is 15.6 Å². The van der Waals surface area contributed by atoms with E-state index < -0.39 is 26.2 Å². The molecule has 1 aliphatic rings. The van der Waals surface area contributed by atoms with Crippen molar-refractivity contribution >= 4 is 15.7 Å². The number of H-pyrrole nitrogens is 2. The molecule has 0 saturated heterocycles. The van der Waals surface area contributed by atoms with E-state index in [2.05, 4.69) is 4.98 Å². The third kappa shape index (κ3) is 2.07. The molecule has 0 amide bonds. The molecule has 1 unspecified atom stereocenters. The maximum atomic E-state index is 12.9. The summed E-state index contributed by atoms with van der Waals surface area (Å²) in [5.74, 6) is 0. The number of benzene rings is 1. The lowest BCUT2D eigenvalue weighted by atomic mass is 10.1. The Bertz CT molecular complexity index is 959. The van der Waals surface area contributed by atoms with Gasteiger partial charge in [-0.15, -0.1) is 0 Å². The maximum Gasteiger partial charge on any atom is 0.325 e. The van der Waals surface area contributed by atoms with Gasteiger partial charge in [0, 0.05) is 11.7 Å². The van der Waals surface area contributed by atoms with Crippen molar-refractivity contribution < 1.29 is 8.42 Å². The van der Waals surface area contributed by atoms with Crippen molar-refractivity contribution in [1.29, 1.82) is 0 Å². The fourth-order valence-electron chi connectivity index (χ4n) is 2.90. The van der Waals surface area contributed by atoms with Gasteiger partial charge in [-0.05, 0) is 31.9 Å². The van der Waals surface area contributed by atoms with Crippen LogP contribution in [-0.2, 0) is 16.4 Å². The Morgan fingerprint density at radius 2 is 1.86 bits per heavy atom. The highest BCUT2D eigenvalue weighted by Crippen LogP contribution is 2.35. The third-order valence-corrected chi connectivity index (χ3v) is 5.82. The summed E-state index contributed by atoms with van der Waals surface area (Å²) in [7, 11) is -4.06. The van der Waals surface area contributed by atoms with E-state index in [4.69, 9.17) is 0 Å². The molecule has 3 rings (SSSR count). The molecule has 7 nitrogen and oxygen atoms in total. The maximum absolute atomic E-state index is 12.9. The van der Waals surface area contributed by atoms with Crippen LogP contribution in [0.15, 0.2) is 38.8 Å². The molecule has 22 heavy (non-hydrogen) atoms. The van der Waals surface area contributed by atoms with Crippen molar-refractivity contribution in [3.05, 3.63) is 56.4 Å². The van der Waals surface area contributed by atoms with Crippen LogP contribution in [0.1, 0.15) is 18.2 Å². The standard InChI is InChI=1S/C14H15N3O4S/c1-8-7-10-5-3-4-6-11(10)17(8)22(20,21)12-9(2)15-14(19)16-13(12)18/h3-6,8H,7H2,1-2H3,(H2,15,16,18,19). The van der Waals surface area contributed by atoms with E-state index in [-0.39, 0.29) is 11.7 Å². The SMILES string of the molecule is Cc1[nH]c(=O)[nH]c(=O)c1S(=O)(=O)N1c2ccccc2CC1C. The lowest BCUT2D eigenvalue weighted by Gasteiger charge is -2.24. The minimum Gasteiger partial charge on any atom is -0.310 e. The molecule has 0 spiro atoms. The fourth-order valence-corrected chi connectivity index (χ4v) is 4.81. The second-order valence-electron chi connectivity index (χ2n) is 5.35. The number of para-hydroxylation sites is 1. The second kappa shape index (κ2) is 4.84. The molecule has 0 aliphatic carbocycles. The van der Waals surface area contributed by atoms with E-state index in [1.807, 2.05) is 17.1 Å². The van der Waals surface area contributed by atoms with Gasteiger partial charge in [0.2, 0.25) is 0 Å². The van der Waals surface area contributed by atoms with Crippen molar-refractivity contribution in [2.45, 2.75) is 31.2 Å². The van der Waals surface area contributed by atoms with Gasteiger partial charge in [0.25, 0.3) is 15.6 Å². The first kappa shape index (κ1) is 14.6. The van der Waals surface area contributed by atoms with Gasteiger partial charge in [0.05, 0.1) is 5.69 Å². The highest BCUT2D eigenvalue weighted by atomic mass is 32.2. The molecule has 2 aromatic rings. The molecule has 2 heterocycles. The minimum absolute atomic E-state index is 0.0327. The zero-order valence-electron chi connectivity index (χ0n) is 12.1. The minimum atomic E-state index is -4.06. The van der Waals surface area contributed by atoms with Gasteiger partial charge in [0.1, 0.15) is 0 Å². The van der Waals surface area contributed by atoms with Gasteiger partial charge in [0.15, 0.2) is 4.90 Å². The van der Waals surface area contributed by atoms with Crippen molar-refractivity contribution in [2.24, 2.45) is 0 Å². The van der Waals surface area contributed by atoms with Crippen molar-refractivity contribution in [3.8, 4) is 0 Å². The first-order chi connectivity index (χ1) is 10.3. The lowest BCUT2D eigenvalue weighted by Crippen LogP contribution is -2.40. The Labute approximate surface area is 126 Å². The normalized spacial score (nSPS) is 17.5. The average Bonchev–Trinajstić information content (AvgIpc) is 2.73. The molecular weight excluding hydrogens is 306 g/mol. The molecule has 1 aromatic heterocycles. The van der Waals surface area contributed by atoms with E-state index >= 15 is 0 Å². The van der Waals surface area contributed by atoms with Crippen LogP contribution in [0.2, 0.25) is 0 Å². The Balaban J connectivity index is 2.24. The molecule has 1 aliphatic heterocycles. The summed E-state index contributed by atoms with van der Waals surface area (Å²) in [6.45, 7) is 3.18. The Morgan fingerprint density at radius 3 is 2.55 bits per heavy atom. The number of hydrogen-bond acceptors (Lipinski definition) is 4. The van der Waals surface area contributed by atoms with Gasteiger partial charge in [-0.25, -0.2) is 13.2 Å². The quantitative estimate of drug-likeness (QED) is 0.841. The monoisotopic (exact) mass is 321 g/mol. The smallest absolute Gasteiger partial charge is 0.310 e. The molecule has 0 saturated carbocycles. The van der Waals surface area contributed by atoms with Crippen LogP contribution in [-0.4, -0.2) is 24.4 Å². The lowest BCUT2D eigenvalue weighted by molar-refractivity contribution is 0.581. The van der Waals surface area contributed by atoms with E-state index in [0.717, 1.165) is 5.56 Å². The van der Waals surface area contributed by atoms with Crippen LogP contribution in [0.4, 0.5) is 5.69 Å².